The van der Waals surface area contributed by atoms with Crippen molar-refractivity contribution in [3.63, 3.8) is 0 Å². The van der Waals surface area contributed by atoms with Gasteiger partial charge in [-0.3, -0.25) is 0 Å². The second kappa shape index (κ2) is 9.75. The molecule has 0 amide bonds. The summed E-state index contributed by atoms with van der Waals surface area (Å²) in [5.74, 6) is 0. The number of hydrogen-bond acceptors (Lipinski definition) is 3. The van der Waals surface area contributed by atoms with E-state index in [2.05, 4.69) is 15.9 Å². The van der Waals surface area contributed by atoms with Gasteiger partial charge in [0, 0.05) is 17.5 Å². The molecule has 0 spiro atoms. The van der Waals surface area contributed by atoms with E-state index in [0.717, 1.165) is 15.9 Å². The highest BCUT2D eigenvalue weighted by molar-refractivity contribution is 9.09. The summed E-state index contributed by atoms with van der Waals surface area (Å²) in [6, 6.07) is 7.69. The van der Waals surface area contributed by atoms with Gasteiger partial charge in [-0.15, -0.1) is 0 Å². The van der Waals surface area contributed by atoms with Gasteiger partial charge in [0.25, 0.3) is 0 Å². The van der Waals surface area contributed by atoms with Gasteiger partial charge in [-0.1, -0.05) is 39.7 Å². The molecule has 0 N–H and O–H groups in total. The van der Waals surface area contributed by atoms with Crippen molar-refractivity contribution in [2.24, 2.45) is 0 Å². The van der Waals surface area contributed by atoms with Gasteiger partial charge in [0.2, 0.25) is 0 Å². The van der Waals surface area contributed by atoms with Gasteiger partial charge < -0.3 is 14.2 Å². The topological polar surface area (TPSA) is 27.7 Å². The Kier molecular flexibility index (Phi) is 8.63. The third kappa shape index (κ3) is 6.16. The summed E-state index contributed by atoms with van der Waals surface area (Å²) in [5.41, 5.74) is 1.07. The number of hydrogen-bond donors (Lipinski definition) is 0. The van der Waals surface area contributed by atoms with Crippen LogP contribution in [0, 0.1) is 0 Å². The molecule has 0 aliphatic heterocycles. The molecule has 5 heteroatoms. The summed E-state index contributed by atoms with van der Waals surface area (Å²) < 4.78 is 16.0. The Bertz CT molecular complexity index is 336. The van der Waals surface area contributed by atoms with Crippen molar-refractivity contribution < 1.29 is 14.2 Å². The van der Waals surface area contributed by atoms with Crippen molar-refractivity contribution in [1.82, 2.24) is 0 Å². The van der Waals surface area contributed by atoms with E-state index in [9.17, 15) is 0 Å². The first kappa shape index (κ1) is 15.9. The van der Waals surface area contributed by atoms with Gasteiger partial charge in [0.1, 0.15) is 0 Å². The summed E-state index contributed by atoms with van der Waals surface area (Å²) in [4.78, 5) is 0. The van der Waals surface area contributed by atoms with Gasteiger partial charge in [0.15, 0.2) is 0 Å². The van der Waals surface area contributed by atoms with Crippen LogP contribution >= 0.6 is 27.5 Å². The maximum absolute atomic E-state index is 5.95. The summed E-state index contributed by atoms with van der Waals surface area (Å²) in [7, 11) is 1.65. The standard InChI is InChI=1S/C13H18BrClO3/c1-16-5-6-17-7-8-18-13(10-14)11-3-2-4-12(15)9-11/h2-4,9,13H,5-8,10H2,1H3. The highest BCUT2D eigenvalue weighted by Gasteiger charge is 2.10. The third-order valence-electron chi connectivity index (χ3n) is 2.34. The number of alkyl halides is 1. The highest BCUT2D eigenvalue weighted by atomic mass is 79.9. The number of halogens is 2. The van der Waals surface area contributed by atoms with E-state index in [4.69, 9.17) is 25.8 Å². The second-order valence-corrected chi connectivity index (χ2v) is 4.76. The minimum Gasteiger partial charge on any atom is -0.382 e. The third-order valence-corrected chi connectivity index (χ3v) is 3.16. The van der Waals surface area contributed by atoms with E-state index >= 15 is 0 Å². The fourth-order valence-corrected chi connectivity index (χ4v) is 2.19. The van der Waals surface area contributed by atoms with Crippen molar-refractivity contribution in [2.45, 2.75) is 6.10 Å². The first-order chi connectivity index (χ1) is 8.77. The lowest BCUT2D eigenvalue weighted by Gasteiger charge is -2.16. The van der Waals surface area contributed by atoms with Gasteiger partial charge in [0.05, 0.1) is 32.5 Å². The van der Waals surface area contributed by atoms with Crippen molar-refractivity contribution >= 4 is 27.5 Å². The molecule has 0 radical (unpaired) electrons. The zero-order valence-electron chi connectivity index (χ0n) is 10.4. The summed E-state index contributed by atoms with van der Waals surface area (Å²) >= 11 is 9.40. The smallest absolute Gasteiger partial charge is 0.0923 e. The average Bonchev–Trinajstić information content (AvgIpc) is 2.38. The molecule has 0 heterocycles. The van der Waals surface area contributed by atoms with Crippen molar-refractivity contribution in [3.8, 4) is 0 Å². The Labute approximate surface area is 121 Å². The van der Waals surface area contributed by atoms with E-state index in [0.29, 0.717) is 26.4 Å². The van der Waals surface area contributed by atoms with E-state index in [1.54, 1.807) is 7.11 Å². The lowest BCUT2D eigenvalue weighted by atomic mass is 10.1. The molecular formula is C13H18BrClO3. The molecule has 0 aromatic heterocycles. The van der Waals surface area contributed by atoms with Crippen LogP contribution in [-0.4, -0.2) is 38.9 Å². The van der Waals surface area contributed by atoms with Gasteiger partial charge in [-0.2, -0.15) is 0 Å². The van der Waals surface area contributed by atoms with Gasteiger partial charge >= 0.3 is 0 Å². The highest BCUT2D eigenvalue weighted by Crippen LogP contribution is 2.22. The van der Waals surface area contributed by atoms with E-state index in [1.165, 1.54) is 0 Å². The minimum atomic E-state index is -0.00488. The minimum absolute atomic E-state index is 0.00488. The zero-order valence-corrected chi connectivity index (χ0v) is 12.7. The van der Waals surface area contributed by atoms with Crippen LogP contribution in [0.2, 0.25) is 5.02 Å². The normalized spacial score (nSPS) is 12.6. The van der Waals surface area contributed by atoms with Crippen LogP contribution in [0.1, 0.15) is 11.7 Å². The lowest BCUT2D eigenvalue weighted by molar-refractivity contribution is 0.000729. The van der Waals surface area contributed by atoms with Crippen LogP contribution in [0.15, 0.2) is 24.3 Å². The van der Waals surface area contributed by atoms with Crippen LogP contribution in [-0.2, 0) is 14.2 Å². The Balaban J connectivity index is 2.29. The van der Waals surface area contributed by atoms with Crippen molar-refractivity contribution in [2.75, 3.05) is 38.9 Å². The molecule has 1 aromatic rings. The van der Waals surface area contributed by atoms with Gasteiger partial charge in [-0.25, -0.2) is 0 Å². The van der Waals surface area contributed by atoms with Crippen LogP contribution in [0.3, 0.4) is 0 Å². The lowest BCUT2D eigenvalue weighted by Crippen LogP contribution is -2.12. The Morgan fingerprint density at radius 2 is 2.00 bits per heavy atom. The molecule has 0 saturated carbocycles. The molecule has 0 aliphatic carbocycles. The van der Waals surface area contributed by atoms with E-state index in [-0.39, 0.29) is 6.10 Å². The first-order valence-electron chi connectivity index (χ1n) is 5.77. The predicted octanol–water partition coefficient (Wildman–Crippen LogP) is 3.46. The zero-order chi connectivity index (χ0) is 13.2. The molecule has 1 atom stereocenters. The van der Waals surface area contributed by atoms with Crippen LogP contribution in [0.4, 0.5) is 0 Å². The average molecular weight is 338 g/mol. The van der Waals surface area contributed by atoms with Crippen molar-refractivity contribution in [1.29, 1.82) is 0 Å². The van der Waals surface area contributed by atoms with E-state index in [1.807, 2.05) is 24.3 Å². The van der Waals surface area contributed by atoms with Crippen LogP contribution in [0.25, 0.3) is 0 Å². The maximum atomic E-state index is 5.95. The summed E-state index contributed by atoms with van der Waals surface area (Å²) in [6.45, 7) is 2.31. The number of ether oxygens (including phenoxy) is 3. The molecular weight excluding hydrogens is 319 g/mol. The fourth-order valence-electron chi connectivity index (χ4n) is 1.43. The number of benzene rings is 1. The Morgan fingerprint density at radius 1 is 1.22 bits per heavy atom. The molecule has 102 valence electrons. The summed E-state index contributed by atoms with van der Waals surface area (Å²) in [5, 5.41) is 1.45. The molecule has 1 aromatic carbocycles. The van der Waals surface area contributed by atoms with Gasteiger partial charge in [-0.05, 0) is 17.7 Å². The first-order valence-corrected chi connectivity index (χ1v) is 7.27. The molecule has 0 aliphatic rings. The molecule has 1 unspecified atom stereocenters. The molecule has 0 bridgehead atoms. The summed E-state index contributed by atoms with van der Waals surface area (Å²) in [6.07, 6.45) is -0.00488. The number of rotatable bonds is 9. The Morgan fingerprint density at radius 3 is 2.67 bits per heavy atom. The van der Waals surface area contributed by atoms with Crippen LogP contribution in [0.5, 0.6) is 0 Å². The quantitative estimate of drug-likeness (QED) is 0.510. The second-order valence-electron chi connectivity index (χ2n) is 3.67. The van der Waals surface area contributed by atoms with E-state index < -0.39 is 0 Å². The van der Waals surface area contributed by atoms with Crippen molar-refractivity contribution in [3.05, 3.63) is 34.9 Å². The molecule has 18 heavy (non-hydrogen) atoms. The molecule has 0 saturated heterocycles. The predicted molar refractivity (Wildman–Crippen MR) is 76.6 cm³/mol. The molecule has 1 rings (SSSR count). The molecule has 0 fully saturated rings. The maximum Gasteiger partial charge on any atom is 0.0923 e. The Hall–Kier alpha value is -0.130. The molecule has 3 nitrogen and oxygen atoms in total. The van der Waals surface area contributed by atoms with Crippen LogP contribution < -0.4 is 0 Å². The SMILES string of the molecule is COCCOCCOC(CBr)c1cccc(Cl)c1. The number of methoxy groups -OCH3 is 1. The largest absolute Gasteiger partial charge is 0.382 e. The monoisotopic (exact) mass is 336 g/mol. The fraction of sp³-hybridized carbons (Fsp3) is 0.538.